The number of benzene rings is 6. The van der Waals surface area contributed by atoms with Crippen molar-refractivity contribution >= 4 is 47.1 Å². The first-order chi connectivity index (χ1) is 45.7. The lowest BCUT2D eigenvalue weighted by Crippen LogP contribution is -2.30. The maximum atomic E-state index is 13.0. The van der Waals surface area contributed by atoms with Crippen molar-refractivity contribution in [3.63, 3.8) is 0 Å². The van der Waals surface area contributed by atoms with Gasteiger partial charge in [-0.15, -0.1) is 4.70 Å². The van der Waals surface area contributed by atoms with Crippen molar-refractivity contribution < 1.29 is 19.1 Å². The minimum absolute atomic E-state index is 0. The molecular weight excluding hydrogens is 1200 g/mol. The zero-order chi connectivity index (χ0) is 65.0. The summed E-state index contributed by atoms with van der Waals surface area (Å²) in [6.45, 7) is 16.6. The third-order valence-corrected chi connectivity index (χ3v) is 17.0. The SMILES string of the molecule is C.C.CC(C)c1ccccc1-c1ncc2c(n1)N(Cc1ccc(-n3nccn3)cc1)C(=O)C2.CC(C)c1ccccc1-c1ncc2c(n1)N(Cc1ccc([N+]3=NN=CC3)cc1)C(=O)C2.CC(C)c1ccccc1-c1ncc2c(n1)N([C@@H](C)c1ccc(-n3nccn3)cc1)C(=O)C2. The van der Waals surface area contributed by atoms with Crippen LogP contribution in [-0.4, -0.2) is 95.1 Å². The van der Waals surface area contributed by atoms with Gasteiger partial charge in [-0.3, -0.25) is 29.1 Å². The summed E-state index contributed by atoms with van der Waals surface area (Å²) < 4.78 is 1.83. The molecule has 4 aliphatic heterocycles. The second kappa shape index (κ2) is 28.8. The molecule has 0 spiro atoms. The van der Waals surface area contributed by atoms with Gasteiger partial charge in [0.05, 0.1) is 79.7 Å². The van der Waals surface area contributed by atoms with Crippen LogP contribution >= 0.6 is 0 Å². The normalized spacial score (nSPS) is 13.8. The number of aromatic nitrogens is 12. The first-order valence-electron chi connectivity index (χ1n) is 31.5. The Labute approximate surface area is 559 Å². The van der Waals surface area contributed by atoms with E-state index in [2.05, 4.69) is 105 Å². The van der Waals surface area contributed by atoms with Gasteiger partial charge in [-0.25, -0.2) is 29.9 Å². The van der Waals surface area contributed by atoms with Crippen LogP contribution in [0.2, 0.25) is 0 Å². The quantitative estimate of drug-likeness (QED) is 0.0871. The number of amides is 3. The minimum atomic E-state index is -0.161. The van der Waals surface area contributed by atoms with Gasteiger partial charge in [0.25, 0.3) is 0 Å². The molecule has 96 heavy (non-hydrogen) atoms. The lowest BCUT2D eigenvalue weighted by molar-refractivity contribution is -0.491. The van der Waals surface area contributed by atoms with Crippen molar-refractivity contribution in [2.24, 2.45) is 10.3 Å². The van der Waals surface area contributed by atoms with Crippen molar-refractivity contribution in [3.05, 3.63) is 239 Å². The molecule has 5 aromatic heterocycles. The first-order valence-corrected chi connectivity index (χ1v) is 31.5. The molecule has 6 aromatic carbocycles. The van der Waals surface area contributed by atoms with Crippen LogP contribution in [0.1, 0.15) is 137 Å². The molecule has 3 amide bonds. The van der Waals surface area contributed by atoms with Gasteiger partial charge >= 0.3 is 0 Å². The molecule has 0 fully saturated rings. The molecule has 0 aliphatic carbocycles. The molecule has 0 saturated carbocycles. The Bertz CT molecular complexity index is 4640. The number of carbonyl (C=O) groups is 3. The smallest absolute Gasteiger partial charge is 0.233 e. The van der Waals surface area contributed by atoms with Crippen molar-refractivity contribution in [2.75, 3.05) is 21.2 Å². The topological polar surface area (TPSA) is 227 Å². The van der Waals surface area contributed by atoms with E-state index in [0.717, 1.165) is 67.1 Å². The van der Waals surface area contributed by atoms with Crippen LogP contribution in [0.25, 0.3) is 45.5 Å². The molecule has 9 heterocycles. The number of anilines is 3. The molecule has 15 rings (SSSR count). The van der Waals surface area contributed by atoms with E-state index >= 15 is 0 Å². The molecule has 0 bridgehead atoms. The van der Waals surface area contributed by atoms with E-state index in [1.54, 1.807) is 73.9 Å². The number of carbonyl (C=O) groups excluding carboxylic acids is 3. The Kier molecular flexibility index (Phi) is 19.8. The van der Waals surface area contributed by atoms with E-state index in [4.69, 9.17) is 15.0 Å². The van der Waals surface area contributed by atoms with Gasteiger partial charge in [-0.1, -0.05) is 166 Å². The summed E-state index contributed by atoms with van der Waals surface area (Å²) in [5, 5.41) is 24.6. The first kappa shape index (κ1) is 66.0. The Morgan fingerprint density at radius 3 is 1.22 bits per heavy atom. The predicted molar refractivity (Wildman–Crippen MR) is 372 cm³/mol. The Morgan fingerprint density at radius 1 is 0.438 bits per heavy atom. The van der Waals surface area contributed by atoms with Crippen molar-refractivity contribution in [3.8, 4) is 45.5 Å². The fourth-order valence-electron chi connectivity index (χ4n) is 12.1. The second-order valence-corrected chi connectivity index (χ2v) is 24.3. The number of nitrogens with zero attached hydrogens (tertiary/aromatic N) is 18. The van der Waals surface area contributed by atoms with Crippen molar-refractivity contribution in [2.45, 2.75) is 119 Å². The van der Waals surface area contributed by atoms with E-state index < -0.39 is 0 Å². The average Bonchev–Trinajstić information content (AvgIpc) is 1.60. The fraction of sp³-hybridized carbons (Fsp3) is 0.253. The molecule has 11 aromatic rings. The lowest BCUT2D eigenvalue weighted by Gasteiger charge is -2.25. The van der Waals surface area contributed by atoms with Crippen LogP contribution in [0.3, 0.4) is 0 Å². The molecule has 0 saturated heterocycles. The van der Waals surface area contributed by atoms with Crippen molar-refractivity contribution in [1.82, 2.24) is 59.9 Å². The number of hydrogen-bond acceptors (Lipinski definition) is 15. The monoisotopic (exact) mass is 1280 g/mol. The third kappa shape index (κ3) is 13.8. The maximum absolute atomic E-state index is 13.0. The van der Waals surface area contributed by atoms with Crippen LogP contribution < -0.4 is 14.7 Å². The van der Waals surface area contributed by atoms with Gasteiger partial charge in [0, 0.05) is 52.0 Å². The highest BCUT2D eigenvalue weighted by Crippen LogP contribution is 2.39. The van der Waals surface area contributed by atoms with Gasteiger partial charge in [-0.2, -0.15) is 30.0 Å². The number of hydrogen-bond donors (Lipinski definition) is 0. The third-order valence-electron chi connectivity index (χ3n) is 17.0. The summed E-state index contributed by atoms with van der Waals surface area (Å²) >= 11 is 0. The standard InChI is InChI=1S/C25H24N6O.C24H23N6O.C24H22N6O.2CH4/c1-16(2)21-6-4-5-7-22(21)24-26-15-19-14-23(32)30(25(19)29-24)17(3)18-8-10-20(11-9-18)31-27-12-13-28-31;1-16(2)20-5-3-4-6-21(20)23-25-14-18-13-22(31)29(24(18)27-23)15-17-7-9-19(10-8-17)30-12-11-26-28-30;1-16(2)20-5-3-4-6-21(20)23-25-14-18-13-22(31)29(24(18)28-23)15-17-7-9-19(10-8-17)30-26-11-12-27-30;;/h4-13,15-17H,14H2,1-3H3;3-11,14,16H,12-13,15H2,1-2H3;3-12,14,16H,13,15H2,1-2H3;2*1H4/q;+1;;;/t17-;;;;/m0..../s1. The van der Waals surface area contributed by atoms with Crippen LogP contribution in [0.4, 0.5) is 23.1 Å². The van der Waals surface area contributed by atoms with Gasteiger partial charge in [0.2, 0.25) is 17.7 Å². The highest BCUT2D eigenvalue weighted by Gasteiger charge is 2.35. The second-order valence-electron chi connectivity index (χ2n) is 24.3. The van der Waals surface area contributed by atoms with E-state index in [1.165, 1.54) is 16.7 Å². The molecule has 484 valence electrons. The lowest BCUT2D eigenvalue weighted by atomic mass is 9.97. The molecule has 0 radical (unpaired) electrons. The number of rotatable bonds is 15. The Morgan fingerprint density at radius 2 is 0.812 bits per heavy atom. The van der Waals surface area contributed by atoms with Crippen LogP contribution in [-0.2, 0) is 46.7 Å². The van der Waals surface area contributed by atoms with Gasteiger partial charge in [-0.05, 0) is 94.5 Å². The molecule has 21 nitrogen and oxygen atoms in total. The molecule has 4 aliphatic rings. The molecule has 1 atom stereocenters. The van der Waals surface area contributed by atoms with E-state index in [1.807, 2.05) is 139 Å². The van der Waals surface area contributed by atoms with Crippen LogP contribution in [0.5, 0.6) is 0 Å². The van der Waals surface area contributed by atoms with E-state index in [-0.39, 0.29) is 38.6 Å². The molecule has 0 N–H and O–H groups in total. The van der Waals surface area contributed by atoms with Gasteiger partial charge in [0.15, 0.2) is 30.2 Å². The van der Waals surface area contributed by atoms with Crippen LogP contribution in [0.15, 0.2) is 199 Å². The van der Waals surface area contributed by atoms with E-state index in [9.17, 15) is 14.4 Å². The largest absolute Gasteiger partial charge is 0.292 e. The highest BCUT2D eigenvalue weighted by atomic mass is 16.2. The fourth-order valence-corrected chi connectivity index (χ4v) is 12.1. The molecular formula is C75H77N18O3+. The molecule has 21 heteroatoms. The van der Waals surface area contributed by atoms with Crippen molar-refractivity contribution in [1.29, 1.82) is 0 Å². The minimum Gasteiger partial charge on any atom is -0.292 e. The predicted octanol–water partition coefficient (Wildman–Crippen LogP) is 14.2. The maximum Gasteiger partial charge on any atom is 0.233 e. The molecule has 0 unspecified atom stereocenters. The van der Waals surface area contributed by atoms with Gasteiger partial charge in [0.1, 0.15) is 28.4 Å². The van der Waals surface area contributed by atoms with Crippen LogP contribution in [0, 0.1) is 0 Å². The average molecular weight is 1280 g/mol. The summed E-state index contributed by atoms with van der Waals surface area (Å²) in [5.41, 5.74) is 15.0. The summed E-state index contributed by atoms with van der Waals surface area (Å²) in [5.74, 6) is 5.26. The van der Waals surface area contributed by atoms with E-state index in [0.29, 0.717) is 91.6 Å². The van der Waals surface area contributed by atoms with Gasteiger partial charge < -0.3 is 0 Å². The summed E-state index contributed by atoms with van der Waals surface area (Å²) in [4.78, 5) is 75.2. The summed E-state index contributed by atoms with van der Waals surface area (Å²) in [6, 6.07) is 48.2. The Balaban J connectivity index is 0.000000145. The Hall–Kier alpha value is -11.5. The zero-order valence-corrected chi connectivity index (χ0v) is 53.3. The summed E-state index contributed by atoms with van der Waals surface area (Å²) in [7, 11) is 0. The summed E-state index contributed by atoms with van der Waals surface area (Å²) in [6.07, 6.45) is 14.7. The zero-order valence-electron chi connectivity index (χ0n) is 53.3. The number of fused-ring (bicyclic) bond motifs is 3. The highest BCUT2D eigenvalue weighted by molar-refractivity contribution is 6.02.